The van der Waals surface area contributed by atoms with E-state index in [2.05, 4.69) is 5.32 Å². The van der Waals surface area contributed by atoms with Gasteiger partial charge in [-0.15, -0.1) is 0 Å². The Balaban J connectivity index is 1.58. The van der Waals surface area contributed by atoms with Crippen LogP contribution in [-0.4, -0.2) is 61.5 Å². The fraction of sp³-hybridized carbons (Fsp3) is 0.500. The predicted molar refractivity (Wildman–Crippen MR) is 101 cm³/mol. The lowest BCUT2D eigenvalue weighted by atomic mass is 9.82. The Morgan fingerprint density at radius 1 is 1.10 bits per heavy atom. The molecule has 1 saturated carbocycles. The molecule has 0 radical (unpaired) electrons. The van der Waals surface area contributed by atoms with Crippen molar-refractivity contribution >= 4 is 23.7 Å². The van der Waals surface area contributed by atoms with Gasteiger partial charge in [-0.05, 0) is 25.0 Å². The van der Waals surface area contributed by atoms with Crippen molar-refractivity contribution in [2.24, 2.45) is 0 Å². The van der Waals surface area contributed by atoms with Crippen LogP contribution in [0.15, 0.2) is 18.2 Å². The largest absolute Gasteiger partial charge is 0.497 e. The molecule has 0 aromatic heterocycles. The second-order valence-electron chi connectivity index (χ2n) is 7.11. The summed E-state index contributed by atoms with van der Waals surface area (Å²) in [6, 6.07) is 4.05. The van der Waals surface area contributed by atoms with E-state index in [0.717, 1.165) is 24.2 Å². The van der Waals surface area contributed by atoms with Gasteiger partial charge in [0.25, 0.3) is 5.91 Å². The number of hydrogen-bond acceptors (Lipinski definition) is 7. The molecule has 1 aromatic carbocycles. The van der Waals surface area contributed by atoms with E-state index in [-0.39, 0.29) is 5.56 Å². The number of amides is 3. The number of rotatable bonds is 7. The summed E-state index contributed by atoms with van der Waals surface area (Å²) in [5, 5.41) is 2.73. The van der Waals surface area contributed by atoms with E-state index < -0.39 is 42.4 Å². The van der Waals surface area contributed by atoms with Crippen molar-refractivity contribution in [3.63, 3.8) is 0 Å². The molecule has 0 unspecified atom stereocenters. The summed E-state index contributed by atoms with van der Waals surface area (Å²) in [7, 11) is 2.90. The maximum absolute atomic E-state index is 12.7. The van der Waals surface area contributed by atoms with Gasteiger partial charge in [-0.25, -0.2) is 4.79 Å². The number of methoxy groups -OCH3 is 2. The third-order valence-corrected chi connectivity index (χ3v) is 5.31. The molecule has 156 valence electrons. The normalized spacial score (nSPS) is 17.8. The number of ether oxygens (including phenoxy) is 3. The first-order valence-corrected chi connectivity index (χ1v) is 9.45. The highest BCUT2D eigenvalue weighted by atomic mass is 16.5. The zero-order valence-electron chi connectivity index (χ0n) is 16.5. The maximum Gasteiger partial charge on any atom is 0.326 e. The van der Waals surface area contributed by atoms with Crippen LogP contribution in [0, 0.1) is 0 Å². The summed E-state index contributed by atoms with van der Waals surface area (Å²) in [6.45, 7) is -1.06. The topological polar surface area (TPSA) is 111 Å². The molecule has 2 fully saturated rings. The molecule has 0 bridgehead atoms. The molecule has 29 heavy (non-hydrogen) atoms. The minimum atomic E-state index is -0.901. The summed E-state index contributed by atoms with van der Waals surface area (Å²) in [5.74, 6) is -0.896. The molecule has 9 nitrogen and oxygen atoms in total. The van der Waals surface area contributed by atoms with Gasteiger partial charge in [-0.3, -0.25) is 19.3 Å². The van der Waals surface area contributed by atoms with Gasteiger partial charge in [0.2, 0.25) is 5.78 Å². The van der Waals surface area contributed by atoms with E-state index >= 15 is 0 Å². The standard InChI is InChI=1S/C20H24N2O7/c1-27-13-6-7-14(16(10-13)28-2)15(23)12-29-17(24)11-22-18(25)20(21-19(22)26)8-4-3-5-9-20/h6-7,10H,3-5,8-9,11-12H2,1-2H3,(H,21,26). The second kappa shape index (κ2) is 8.50. The Bertz CT molecular complexity index is 830. The number of urea groups is 1. The van der Waals surface area contributed by atoms with Gasteiger partial charge in [0.15, 0.2) is 6.61 Å². The summed E-state index contributed by atoms with van der Waals surface area (Å²) < 4.78 is 15.2. The van der Waals surface area contributed by atoms with Crippen LogP contribution in [0.2, 0.25) is 0 Å². The minimum Gasteiger partial charge on any atom is -0.497 e. The molecular formula is C20H24N2O7. The average molecular weight is 404 g/mol. The number of nitrogens with zero attached hydrogens (tertiary/aromatic N) is 1. The Labute approximate surface area is 168 Å². The molecule has 3 rings (SSSR count). The number of esters is 1. The number of nitrogens with one attached hydrogen (secondary N) is 1. The minimum absolute atomic E-state index is 0.234. The van der Waals surface area contributed by atoms with Gasteiger partial charge in [0, 0.05) is 6.07 Å². The SMILES string of the molecule is COc1ccc(C(=O)COC(=O)CN2C(=O)NC3(CCCCC3)C2=O)c(OC)c1. The number of carbonyl (C=O) groups excluding carboxylic acids is 4. The van der Waals surface area contributed by atoms with Crippen molar-refractivity contribution in [1.29, 1.82) is 0 Å². The molecule has 3 amide bonds. The monoisotopic (exact) mass is 404 g/mol. The highest BCUT2D eigenvalue weighted by Crippen LogP contribution is 2.33. The van der Waals surface area contributed by atoms with E-state index in [1.807, 2.05) is 0 Å². The third-order valence-electron chi connectivity index (χ3n) is 5.31. The molecule has 1 N–H and O–H groups in total. The van der Waals surface area contributed by atoms with Crippen molar-refractivity contribution in [3.05, 3.63) is 23.8 Å². The highest BCUT2D eigenvalue weighted by molar-refractivity contribution is 6.09. The first kappa shape index (κ1) is 20.6. The van der Waals surface area contributed by atoms with Crippen molar-refractivity contribution in [2.75, 3.05) is 27.4 Å². The number of benzene rings is 1. The molecule has 0 atom stereocenters. The Morgan fingerprint density at radius 2 is 1.83 bits per heavy atom. The van der Waals surface area contributed by atoms with Crippen LogP contribution in [0.4, 0.5) is 4.79 Å². The van der Waals surface area contributed by atoms with Gasteiger partial charge in [0.05, 0.1) is 19.8 Å². The van der Waals surface area contributed by atoms with Gasteiger partial charge in [0.1, 0.15) is 23.6 Å². The summed E-state index contributed by atoms with van der Waals surface area (Å²) in [5.41, 5.74) is -0.667. The van der Waals surface area contributed by atoms with E-state index in [4.69, 9.17) is 14.2 Å². The molecule has 1 heterocycles. The Hall–Kier alpha value is -3.10. The summed E-state index contributed by atoms with van der Waals surface area (Å²) >= 11 is 0. The molecule has 1 aliphatic heterocycles. The number of ketones is 1. The second-order valence-corrected chi connectivity index (χ2v) is 7.11. The van der Waals surface area contributed by atoms with Crippen LogP contribution in [0.1, 0.15) is 42.5 Å². The Kier molecular flexibility index (Phi) is 6.05. The van der Waals surface area contributed by atoms with E-state index in [9.17, 15) is 19.2 Å². The predicted octanol–water partition coefficient (Wildman–Crippen LogP) is 1.68. The van der Waals surface area contributed by atoms with Crippen molar-refractivity contribution in [3.8, 4) is 11.5 Å². The smallest absolute Gasteiger partial charge is 0.326 e. The van der Waals surface area contributed by atoms with Crippen LogP contribution in [0.3, 0.4) is 0 Å². The maximum atomic E-state index is 12.7. The number of Topliss-reactive ketones (excluding diaryl/α,β-unsaturated/α-hetero) is 1. The zero-order valence-corrected chi connectivity index (χ0v) is 16.5. The van der Waals surface area contributed by atoms with Crippen molar-refractivity contribution < 1.29 is 33.4 Å². The van der Waals surface area contributed by atoms with E-state index in [1.165, 1.54) is 20.3 Å². The number of hydrogen-bond donors (Lipinski definition) is 1. The van der Waals surface area contributed by atoms with Crippen LogP contribution in [0.25, 0.3) is 0 Å². The molecule has 1 spiro atoms. The third kappa shape index (κ3) is 4.18. The summed E-state index contributed by atoms with van der Waals surface area (Å²) in [4.78, 5) is 50.3. The molecule has 1 aliphatic carbocycles. The molecule has 2 aliphatic rings. The highest BCUT2D eigenvalue weighted by Gasteiger charge is 2.51. The first-order chi connectivity index (χ1) is 13.9. The fourth-order valence-corrected chi connectivity index (χ4v) is 3.74. The van der Waals surface area contributed by atoms with Crippen molar-refractivity contribution in [1.82, 2.24) is 10.2 Å². The van der Waals surface area contributed by atoms with Gasteiger partial charge in [-0.1, -0.05) is 19.3 Å². The van der Waals surface area contributed by atoms with Gasteiger partial charge >= 0.3 is 12.0 Å². The lowest BCUT2D eigenvalue weighted by molar-refractivity contribution is -0.147. The molecule has 9 heteroatoms. The van der Waals surface area contributed by atoms with Crippen molar-refractivity contribution in [2.45, 2.75) is 37.6 Å². The number of imide groups is 1. The molecular weight excluding hydrogens is 380 g/mol. The molecule has 1 aromatic rings. The fourth-order valence-electron chi connectivity index (χ4n) is 3.74. The van der Waals surface area contributed by atoms with E-state index in [1.54, 1.807) is 12.1 Å². The summed E-state index contributed by atoms with van der Waals surface area (Å²) in [6.07, 6.45) is 3.85. The average Bonchev–Trinajstić information content (AvgIpc) is 2.95. The lowest BCUT2D eigenvalue weighted by Gasteiger charge is -2.30. The van der Waals surface area contributed by atoms with Gasteiger partial charge in [-0.2, -0.15) is 0 Å². The van der Waals surface area contributed by atoms with Crippen LogP contribution >= 0.6 is 0 Å². The number of carbonyl (C=O) groups is 4. The van der Waals surface area contributed by atoms with Crippen LogP contribution < -0.4 is 14.8 Å². The quantitative estimate of drug-likeness (QED) is 0.418. The Morgan fingerprint density at radius 3 is 2.48 bits per heavy atom. The van der Waals surface area contributed by atoms with Crippen LogP contribution in [0.5, 0.6) is 11.5 Å². The van der Waals surface area contributed by atoms with E-state index in [0.29, 0.717) is 24.3 Å². The lowest BCUT2D eigenvalue weighted by Crippen LogP contribution is -2.48. The zero-order chi connectivity index (χ0) is 21.0. The van der Waals surface area contributed by atoms with Crippen LogP contribution in [-0.2, 0) is 14.3 Å². The first-order valence-electron chi connectivity index (χ1n) is 9.45. The molecule has 1 saturated heterocycles. The van der Waals surface area contributed by atoms with Gasteiger partial charge < -0.3 is 19.5 Å².